The first-order valence-corrected chi connectivity index (χ1v) is 6.97. The number of rotatable bonds is 7. The van der Waals surface area contributed by atoms with Crippen molar-refractivity contribution in [1.82, 2.24) is 15.5 Å². The number of amides is 1. The maximum atomic E-state index is 11.6. The van der Waals surface area contributed by atoms with Gasteiger partial charge in [0.2, 0.25) is 5.82 Å². The number of hydrogen-bond donors (Lipinski definition) is 1. The van der Waals surface area contributed by atoms with E-state index in [1.54, 1.807) is 25.3 Å². The average Bonchev–Trinajstić information content (AvgIpc) is 2.94. The van der Waals surface area contributed by atoms with Crippen LogP contribution in [0.2, 0.25) is 5.02 Å². The van der Waals surface area contributed by atoms with Crippen molar-refractivity contribution >= 4 is 17.5 Å². The first-order valence-electron chi connectivity index (χ1n) is 6.60. The second-order valence-corrected chi connectivity index (χ2v) is 4.98. The van der Waals surface area contributed by atoms with Crippen LogP contribution in [0.4, 0.5) is 0 Å². The van der Waals surface area contributed by atoms with Crippen molar-refractivity contribution in [2.45, 2.75) is 13.0 Å². The molecule has 1 aromatic carbocycles. The molecule has 0 fully saturated rings. The highest BCUT2D eigenvalue weighted by Crippen LogP contribution is 2.26. The molecule has 7 nitrogen and oxygen atoms in total. The topological polar surface area (TPSA) is 86.5 Å². The Labute approximate surface area is 132 Å². The van der Waals surface area contributed by atoms with Crippen LogP contribution in [0.25, 0.3) is 11.4 Å². The number of nitrogens with zero attached hydrogens (tertiary/aromatic N) is 2. The molecule has 118 valence electrons. The van der Waals surface area contributed by atoms with Crippen LogP contribution in [0.15, 0.2) is 28.8 Å². The fourth-order valence-electron chi connectivity index (χ4n) is 1.76. The van der Waals surface area contributed by atoms with E-state index in [4.69, 9.17) is 25.6 Å². The van der Waals surface area contributed by atoms with E-state index in [-0.39, 0.29) is 24.6 Å². The number of ether oxygens (including phenoxy) is 2. The van der Waals surface area contributed by atoms with Crippen LogP contribution in [0, 0.1) is 0 Å². The maximum absolute atomic E-state index is 11.6. The van der Waals surface area contributed by atoms with Crippen molar-refractivity contribution in [3.8, 4) is 17.5 Å². The molecule has 0 aliphatic carbocycles. The van der Waals surface area contributed by atoms with Gasteiger partial charge >= 0.3 is 6.08 Å². The predicted octanol–water partition coefficient (Wildman–Crippen LogP) is 1.92. The molecule has 0 unspecified atom stereocenters. The highest BCUT2D eigenvalue weighted by Gasteiger charge is 2.14. The van der Waals surface area contributed by atoms with Gasteiger partial charge in [-0.15, -0.1) is 0 Å². The molecular formula is C14H16ClN3O4. The molecule has 8 heteroatoms. The van der Waals surface area contributed by atoms with E-state index in [0.717, 1.165) is 0 Å². The van der Waals surface area contributed by atoms with Crippen LogP contribution in [0.1, 0.15) is 6.92 Å². The number of methoxy groups -OCH3 is 1. The zero-order valence-electron chi connectivity index (χ0n) is 12.2. The lowest BCUT2D eigenvalue weighted by Gasteiger charge is -2.11. The molecule has 1 amide bonds. The smallest absolute Gasteiger partial charge is 0.418 e. The van der Waals surface area contributed by atoms with Gasteiger partial charge < -0.3 is 14.8 Å². The van der Waals surface area contributed by atoms with E-state index in [1.807, 2.05) is 13.0 Å². The molecule has 2 aromatic rings. The van der Waals surface area contributed by atoms with E-state index in [1.165, 1.54) is 0 Å². The van der Waals surface area contributed by atoms with Crippen molar-refractivity contribution < 1.29 is 18.8 Å². The normalized spacial score (nSPS) is 12.0. The van der Waals surface area contributed by atoms with Crippen LogP contribution in [0.5, 0.6) is 6.08 Å². The van der Waals surface area contributed by atoms with Crippen molar-refractivity contribution in [3.63, 3.8) is 0 Å². The number of hydrogen-bond acceptors (Lipinski definition) is 6. The SMILES string of the molecule is COC[C@@H](C)NC(=O)COc1nc(-c2ccccc2Cl)no1. The van der Waals surface area contributed by atoms with E-state index in [2.05, 4.69) is 15.5 Å². The molecule has 1 N–H and O–H groups in total. The number of benzene rings is 1. The summed E-state index contributed by atoms with van der Waals surface area (Å²) in [4.78, 5) is 15.7. The Morgan fingerprint density at radius 3 is 2.95 bits per heavy atom. The summed E-state index contributed by atoms with van der Waals surface area (Å²) in [6.45, 7) is 2.02. The van der Waals surface area contributed by atoms with Crippen LogP contribution >= 0.6 is 11.6 Å². The van der Waals surface area contributed by atoms with Crippen molar-refractivity contribution in [3.05, 3.63) is 29.3 Å². The summed E-state index contributed by atoms with van der Waals surface area (Å²) >= 11 is 6.04. The van der Waals surface area contributed by atoms with Crippen molar-refractivity contribution in [2.75, 3.05) is 20.3 Å². The molecule has 0 spiro atoms. The van der Waals surface area contributed by atoms with Gasteiger partial charge in [0.1, 0.15) is 0 Å². The third kappa shape index (κ3) is 4.44. The number of carbonyl (C=O) groups is 1. The summed E-state index contributed by atoms with van der Waals surface area (Å²) in [6.07, 6.45) is -0.0931. The van der Waals surface area contributed by atoms with Gasteiger partial charge in [0, 0.05) is 18.7 Å². The average molecular weight is 326 g/mol. The molecular weight excluding hydrogens is 310 g/mol. The highest BCUT2D eigenvalue weighted by atomic mass is 35.5. The summed E-state index contributed by atoms with van der Waals surface area (Å²) in [7, 11) is 1.56. The largest absolute Gasteiger partial charge is 0.439 e. The molecule has 0 saturated carbocycles. The summed E-state index contributed by atoms with van der Waals surface area (Å²) in [5.41, 5.74) is 0.626. The summed E-state index contributed by atoms with van der Waals surface area (Å²) < 4.78 is 15.0. The Morgan fingerprint density at radius 1 is 1.45 bits per heavy atom. The third-order valence-corrected chi connectivity index (χ3v) is 3.00. The van der Waals surface area contributed by atoms with Gasteiger partial charge in [0.25, 0.3) is 5.91 Å². The molecule has 22 heavy (non-hydrogen) atoms. The molecule has 0 bridgehead atoms. The van der Waals surface area contributed by atoms with E-state index in [0.29, 0.717) is 23.0 Å². The second kappa shape index (κ2) is 7.77. The Hall–Kier alpha value is -2.12. The first kappa shape index (κ1) is 16.3. The van der Waals surface area contributed by atoms with E-state index >= 15 is 0 Å². The van der Waals surface area contributed by atoms with Crippen molar-refractivity contribution in [2.24, 2.45) is 0 Å². The zero-order valence-corrected chi connectivity index (χ0v) is 13.0. The molecule has 0 saturated heterocycles. The van der Waals surface area contributed by atoms with Crippen LogP contribution < -0.4 is 10.1 Å². The standard InChI is InChI=1S/C14H16ClN3O4/c1-9(7-20-2)16-12(19)8-21-14-17-13(18-22-14)10-5-3-4-6-11(10)15/h3-6,9H,7-8H2,1-2H3,(H,16,19)/t9-/m1/s1. The fraction of sp³-hybridized carbons (Fsp3) is 0.357. The summed E-state index contributed by atoms with van der Waals surface area (Å²) in [5.74, 6) is -0.00389. The first-order chi connectivity index (χ1) is 10.6. The lowest BCUT2D eigenvalue weighted by Crippen LogP contribution is -2.38. The van der Waals surface area contributed by atoms with Gasteiger partial charge in [-0.2, -0.15) is 4.98 Å². The number of halogens is 1. The highest BCUT2D eigenvalue weighted by molar-refractivity contribution is 6.33. The molecule has 0 radical (unpaired) electrons. The lowest BCUT2D eigenvalue weighted by molar-refractivity contribution is -0.124. The minimum absolute atomic E-state index is 0.0931. The molecule has 0 aliphatic heterocycles. The Morgan fingerprint density at radius 2 is 2.23 bits per heavy atom. The molecule has 0 aliphatic rings. The van der Waals surface area contributed by atoms with Gasteiger partial charge in [0.05, 0.1) is 11.6 Å². The van der Waals surface area contributed by atoms with E-state index < -0.39 is 0 Å². The van der Waals surface area contributed by atoms with Crippen LogP contribution in [-0.4, -0.2) is 42.4 Å². The van der Waals surface area contributed by atoms with Crippen molar-refractivity contribution in [1.29, 1.82) is 0 Å². The van der Waals surface area contributed by atoms with Gasteiger partial charge in [-0.3, -0.25) is 9.32 Å². The Bertz CT molecular complexity index is 632. The van der Waals surface area contributed by atoms with Gasteiger partial charge in [0.15, 0.2) is 6.61 Å². The third-order valence-electron chi connectivity index (χ3n) is 2.67. The van der Waals surface area contributed by atoms with Gasteiger partial charge in [-0.1, -0.05) is 28.9 Å². The molecule has 1 aromatic heterocycles. The Kier molecular flexibility index (Phi) is 5.74. The predicted molar refractivity (Wildman–Crippen MR) is 79.7 cm³/mol. The second-order valence-electron chi connectivity index (χ2n) is 4.58. The van der Waals surface area contributed by atoms with Gasteiger partial charge in [-0.25, -0.2) is 0 Å². The van der Waals surface area contributed by atoms with E-state index in [9.17, 15) is 4.79 Å². The Balaban J connectivity index is 1.90. The number of nitrogens with one attached hydrogen (secondary N) is 1. The molecule has 1 atom stereocenters. The summed E-state index contributed by atoms with van der Waals surface area (Å²) in [5, 5.41) is 6.97. The fourth-order valence-corrected chi connectivity index (χ4v) is 1.98. The monoisotopic (exact) mass is 325 g/mol. The maximum Gasteiger partial charge on any atom is 0.418 e. The minimum atomic E-state index is -0.304. The number of aromatic nitrogens is 2. The number of carbonyl (C=O) groups excluding carboxylic acids is 1. The van der Waals surface area contributed by atoms with Crippen LogP contribution in [-0.2, 0) is 9.53 Å². The minimum Gasteiger partial charge on any atom is -0.439 e. The molecule has 2 rings (SSSR count). The lowest BCUT2D eigenvalue weighted by atomic mass is 10.2. The van der Waals surface area contributed by atoms with Gasteiger partial charge in [-0.05, 0) is 19.1 Å². The van der Waals surface area contributed by atoms with Crippen LogP contribution in [0.3, 0.4) is 0 Å². The quantitative estimate of drug-likeness (QED) is 0.837. The zero-order chi connectivity index (χ0) is 15.9. The molecule has 1 heterocycles. The summed E-state index contributed by atoms with van der Waals surface area (Å²) in [6, 6.07) is 6.98.